The summed E-state index contributed by atoms with van der Waals surface area (Å²) in [7, 11) is 0. The van der Waals surface area contributed by atoms with Crippen molar-refractivity contribution in [2.45, 2.75) is 65.2 Å². The number of rotatable bonds is 12. The average Bonchev–Trinajstić information content (AvgIpc) is 3.50. The zero-order valence-corrected chi connectivity index (χ0v) is 28.2. The van der Waals surface area contributed by atoms with Crippen LogP contribution in [-0.4, -0.2) is 66.6 Å². The van der Waals surface area contributed by atoms with E-state index in [4.69, 9.17) is 21.7 Å². The third kappa shape index (κ3) is 9.16. The summed E-state index contributed by atoms with van der Waals surface area (Å²) in [5, 5.41) is 22.4. The number of halogens is 5. The van der Waals surface area contributed by atoms with E-state index >= 15 is 0 Å². The fraction of sp³-hybridized carbons (Fsp3) is 0.394. The highest BCUT2D eigenvalue weighted by molar-refractivity contribution is 6.33. The number of amides is 2. The van der Waals surface area contributed by atoms with Gasteiger partial charge in [-0.3, -0.25) is 15.1 Å². The van der Waals surface area contributed by atoms with Crippen molar-refractivity contribution in [2.24, 2.45) is 5.41 Å². The summed E-state index contributed by atoms with van der Waals surface area (Å²) in [4.78, 5) is 32.2. The molecule has 2 aromatic heterocycles. The Morgan fingerprint density at radius 2 is 1.76 bits per heavy atom. The van der Waals surface area contributed by atoms with Gasteiger partial charge in [-0.05, 0) is 60.1 Å². The second-order valence-electron chi connectivity index (χ2n) is 12.9. The van der Waals surface area contributed by atoms with Crippen LogP contribution in [0.4, 0.5) is 22.4 Å². The van der Waals surface area contributed by atoms with Crippen molar-refractivity contribution in [2.75, 3.05) is 13.2 Å². The molecule has 3 N–H and O–H groups in total. The third-order valence-electron chi connectivity index (χ3n) is 7.80. The van der Waals surface area contributed by atoms with E-state index in [1.165, 1.54) is 36.7 Å². The molecule has 4 aromatic rings. The van der Waals surface area contributed by atoms with Crippen molar-refractivity contribution in [3.63, 3.8) is 0 Å². The summed E-state index contributed by atoms with van der Waals surface area (Å²) < 4.78 is 59.3. The van der Waals surface area contributed by atoms with Gasteiger partial charge in [-0.2, -0.15) is 27.3 Å². The predicted molar refractivity (Wildman–Crippen MR) is 177 cm³/mol. The van der Waals surface area contributed by atoms with Crippen molar-refractivity contribution >= 4 is 29.6 Å². The molecule has 1 aliphatic carbocycles. The van der Waals surface area contributed by atoms with Gasteiger partial charge in [0.25, 0.3) is 5.91 Å². The molecule has 1 saturated carbocycles. The molecule has 17 heteroatoms. The first kappa shape index (κ1) is 36.3. The number of benzene rings is 2. The standard InChI is InChI=1S/C33H36ClF4N9O3/c1-33(2,3)12-13-40-31(39)47(28(48)20-6-4-19(5-7-20)22-15-42-45(16-22)29(35)36)26(17-50-32(49)43-23-9-10-23)21-8-11-25(34)24(14-21)27-41-18-46(44-27)30(37)38/h4-8,11,14-16,18,23,26,29-30H,9-10,12-13,17H2,1-3H3,(H2,39,40)(H,43,49)/t26-/m1/s1. The number of carbonyl (C=O) groups excluding carboxylic acids is 2. The number of alkyl carbamates (subject to hydrolysis) is 1. The molecular weight excluding hydrogens is 682 g/mol. The fourth-order valence-corrected chi connectivity index (χ4v) is 5.10. The van der Waals surface area contributed by atoms with Gasteiger partial charge in [-0.15, -0.1) is 5.10 Å². The SMILES string of the molecule is CC(C)(C)CCNC(=N)N(C(=O)c1ccc(-c2cnn(C(F)F)c2)cc1)[C@H](COC(=O)NC1CC1)c1ccc(Cl)c(-c2ncn(C(F)F)n2)c1. The van der Waals surface area contributed by atoms with E-state index in [-0.39, 0.29) is 39.4 Å². The fourth-order valence-electron chi connectivity index (χ4n) is 4.90. The number of ether oxygens (including phenoxy) is 1. The van der Waals surface area contributed by atoms with Gasteiger partial charge in [0.05, 0.1) is 17.3 Å². The summed E-state index contributed by atoms with van der Waals surface area (Å²) in [6, 6.07) is 9.49. The summed E-state index contributed by atoms with van der Waals surface area (Å²) in [5.74, 6) is -1.06. The number of aromatic nitrogens is 5. The monoisotopic (exact) mass is 717 g/mol. The molecule has 1 atom stereocenters. The maximum atomic E-state index is 14.4. The van der Waals surface area contributed by atoms with Gasteiger partial charge in [0.15, 0.2) is 11.8 Å². The predicted octanol–water partition coefficient (Wildman–Crippen LogP) is 7.28. The molecule has 266 valence electrons. The van der Waals surface area contributed by atoms with Gasteiger partial charge in [0, 0.05) is 35.5 Å². The van der Waals surface area contributed by atoms with E-state index in [2.05, 4.69) is 25.8 Å². The van der Waals surface area contributed by atoms with E-state index in [1.54, 1.807) is 18.2 Å². The maximum absolute atomic E-state index is 14.4. The van der Waals surface area contributed by atoms with E-state index < -0.39 is 37.7 Å². The molecule has 2 heterocycles. The third-order valence-corrected chi connectivity index (χ3v) is 8.13. The van der Waals surface area contributed by atoms with E-state index in [0.717, 1.165) is 24.1 Å². The van der Waals surface area contributed by atoms with Crippen molar-refractivity contribution in [3.8, 4) is 22.5 Å². The van der Waals surface area contributed by atoms with Crippen LogP contribution in [-0.2, 0) is 4.74 Å². The Morgan fingerprint density at radius 1 is 1.06 bits per heavy atom. The van der Waals surface area contributed by atoms with Crippen LogP contribution in [0.2, 0.25) is 5.02 Å². The van der Waals surface area contributed by atoms with E-state index in [9.17, 15) is 27.2 Å². The number of guanidine groups is 1. The van der Waals surface area contributed by atoms with E-state index in [1.807, 2.05) is 20.8 Å². The van der Waals surface area contributed by atoms with E-state index in [0.29, 0.717) is 39.0 Å². The van der Waals surface area contributed by atoms with Gasteiger partial charge in [0.1, 0.15) is 12.9 Å². The highest BCUT2D eigenvalue weighted by Crippen LogP contribution is 2.33. The van der Waals surface area contributed by atoms with Gasteiger partial charge in [0.2, 0.25) is 0 Å². The summed E-state index contributed by atoms with van der Waals surface area (Å²) in [6.45, 7) is 0.257. The summed E-state index contributed by atoms with van der Waals surface area (Å²) in [5.41, 5.74) is 1.47. The number of hydrogen-bond acceptors (Lipinski definition) is 7. The molecule has 0 radical (unpaired) electrons. The highest BCUT2D eigenvalue weighted by Gasteiger charge is 2.33. The Balaban J connectivity index is 1.53. The number of hydrogen-bond donors (Lipinski definition) is 3. The number of nitrogens with one attached hydrogen (secondary N) is 3. The van der Waals surface area contributed by atoms with Crippen LogP contribution in [0, 0.1) is 10.8 Å². The van der Waals surface area contributed by atoms with Crippen LogP contribution in [0.5, 0.6) is 0 Å². The van der Waals surface area contributed by atoms with Crippen molar-refractivity contribution in [1.29, 1.82) is 5.41 Å². The molecule has 0 aliphatic heterocycles. The minimum absolute atomic E-state index is 0.0134. The quantitative estimate of drug-likeness (QED) is 0.0794. The molecule has 0 bridgehead atoms. The zero-order chi connectivity index (χ0) is 36.2. The molecule has 1 fully saturated rings. The van der Waals surface area contributed by atoms with Crippen LogP contribution in [0.1, 0.15) is 75.1 Å². The van der Waals surface area contributed by atoms with Crippen molar-refractivity contribution in [1.82, 2.24) is 40.1 Å². The Labute approximate surface area is 290 Å². The lowest BCUT2D eigenvalue weighted by atomic mass is 9.92. The highest BCUT2D eigenvalue weighted by atomic mass is 35.5. The molecule has 1 aliphatic rings. The molecular formula is C33H36ClF4N9O3. The van der Waals surface area contributed by atoms with Crippen LogP contribution < -0.4 is 10.6 Å². The van der Waals surface area contributed by atoms with Gasteiger partial charge < -0.3 is 15.4 Å². The zero-order valence-electron chi connectivity index (χ0n) is 27.4. The largest absolute Gasteiger partial charge is 0.447 e. The van der Waals surface area contributed by atoms with Crippen molar-refractivity contribution in [3.05, 3.63) is 77.3 Å². The lowest BCUT2D eigenvalue weighted by Crippen LogP contribution is -2.48. The molecule has 2 amide bonds. The first-order valence-electron chi connectivity index (χ1n) is 15.7. The molecule has 0 saturated heterocycles. The Hall–Kier alpha value is -4.99. The minimum Gasteiger partial charge on any atom is -0.447 e. The topological polar surface area (TPSA) is 143 Å². The van der Waals surface area contributed by atoms with Gasteiger partial charge >= 0.3 is 19.2 Å². The lowest BCUT2D eigenvalue weighted by molar-refractivity contribution is 0.0561. The molecule has 0 unspecified atom stereocenters. The first-order chi connectivity index (χ1) is 23.7. The second kappa shape index (κ2) is 15.3. The number of alkyl halides is 4. The first-order valence-corrected chi connectivity index (χ1v) is 16.1. The smallest absolute Gasteiger partial charge is 0.407 e. The summed E-state index contributed by atoms with van der Waals surface area (Å²) in [6.07, 6.45) is 4.87. The number of nitrogens with zero attached hydrogens (tertiary/aromatic N) is 6. The molecule has 5 rings (SSSR count). The molecule has 12 nitrogen and oxygen atoms in total. The van der Waals surface area contributed by atoms with Crippen LogP contribution in [0.25, 0.3) is 22.5 Å². The Kier molecular flexibility index (Phi) is 11.1. The van der Waals surface area contributed by atoms with Crippen LogP contribution in [0.3, 0.4) is 0 Å². The molecule has 0 spiro atoms. The number of carbonyl (C=O) groups is 2. The average molecular weight is 718 g/mol. The van der Waals surface area contributed by atoms with Gasteiger partial charge in [-0.25, -0.2) is 14.5 Å². The van der Waals surface area contributed by atoms with Crippen molar-refractivity contribution < 1.29 is 31.9 Å². The second-order valence-corrected chi connectivity index (χ2v) is 13.3. The maximum Gasteiger partial charge on any atom is 0.407 e. The molecule has 2 aromatic carbocycles. The van der Waals surface area contributed by atoms with Crippen LogP contribution >= 0.6 is 11.6 Å². The Bertz CT molecular complexity index is 1820. The van der Waals surface area contributed by atoms with Gasteiger partial charge in [-0.1, -0.05) is 50.6 Å². The molecule has 50 heavy (non-hydrogen) atoms. The minimum atomic E-state index is -2.94. The lowest BCUT2D eigenvalue weighted by Gasteiger charge is -2.33. The normalized spacial score (nSPS) is 13.7. The Morgan fingerprint density at radius 3 is 2.36 bits per heavy atom. The van der Waals surface area contributed by atoms with Crippen LogP contribution in [0.15, 0.2) is 61.2 Å². The summed E-state index contributed by atoms with van der Waals surface area (Å²) >= 11 is 6.46.